The van der Waals surface area contributed by atoms with Gasteiger partial charge in [-0.05, 0) is 11.6 Å². The van der Waals surface area contributed by atoms with Crippen LogP contribution in [0.4, 0.5) is 0 Å². The molecule has 3 nitrogen and oxygen atoms in total. The lowest BCUT2D eigenvalue weighted by Gasteiger charge is -1.91. The summed E-state index contributed by atoms with van der Waals surface area (Å²) in [5.41, 5.74) is 1.13. The predicted molar refractivity (Wildman–Crippen MR) is 52.2 cm³/mol. The first-order valence-electron chi connectivity index (χ1n) is 3.97. The maximum atomic E-state index is 4.36. The number of pyridine rings is 1. The molecule has 2 heterocycles. The average Bonchev–Trinajstić information content (AvgIpc) is 2.69. The molecule has 1 N–H and O–H groups in total. The van der Waals surface area contributed by atoms with Crippen LogP contribution in [0.3, 0.4) is 0 Å². The molecule has 13 heavy (non-hydrogen) atoms. The van der Waals surface area contributed by atoms with Crippen LogP contribution in [0.15, 0.2) is 41.1 Å². The van der Waals surface area contributed by atoms with E-state index in [0.717, 1.165) is 10.4 Å². The second-order valence-electron chi connectivity index (χ2n) is 2.55. The van der Waals surface area contributed by atoms with E-state index in [2.05, 4.69) is 15.0 Å². The van der Waals surface area contributed by atoms with Crippen LogP contribution in [-0.4, -0.2) is 9.97 Å². The Morgan fingerprint density at radius 3 is 3.23 bits per heavy atom. The summed E-state index contributed by atoms with van der Waals surface area (Å²) < 4.78 is 0. The molecule has 0 aromatic carbocycles. The standard InChI is InChI=1S/C9H9N3S/c1-2-8(6-10-3-1)7-12-9-11-4-5-13-9/h1-6H,7H2,(H,11,12). The summed E-state index contributed by atoms with van der Waals surface area (Å²) in [4.78, 5) is 12.4. The zero-order valence-corrected chi connectivity index (χ0v) is 7.79. The van der Waals surface area contributed by atoms with E-state index in [0.29, 0.717) is 6.54 Å². The number of nitrogens with zero attached hydrogens (tertiary/aromatic N) is 2. The van der Waals surface area contributed by atoms with Crippen LogP contribution in [0.25, 0.3) is 0 Å². The number of nitrogens with one attached hydrogen (secondary N) is 1. The Kier molecular flexibility index (Phi) is 2.52. The van der Waals surface area contributed by atoms with Crippen LogP contribution < -0.4 is 4.80 Å². The summed E-state index contributed by atoms with van der Waals surface area (Å²) in [5, 5.41) is 1.97. The molecule has 0 saturated carbocycles. The third kappa shape index (κ3) is 2.26. The van der Waals surface area contributed by atoms with Crippen molar-refractivity contribution in [3.05, 3.63) is 46.5 Å². The number of H-pyrrole nitrogens is 1. The number of aromatic nitrogens is 2. The Hall–Kier alpha value is -1.42. The molecule has 2 aromatic rings. The van der Waals surface area contributed by atoms with Crippen molar-refractivity contribution in [3.63, 3.8) is 0 Å². The Labute approximate surface area is 79.8 Å². The van der Waals surface area contributed by atoms with E-state index in [4.69, 9.17) is 0 Å². The highest BCUT2D eigenvalue weighted by molar-refractivity contribution is 7.07. The highest BCUT2D eigenvalue weighted by atomic mass is 32.1. The molecule has 0 aliphatic carbocycles. The number of thiazole rings is 1. The largest absolute Gasteiger partial charge is 0.338 e. The van der Waals surface area contributed by atoms with Gasteiger partial charge in [-0.2, -0.15) is 0 Å². The quantitative estimate of drug-likeness (QED) is 0.769. The third-order valence-electron chi connectivity index (χ3n) is 1.58. The minimum Gasteiger partial charge on any atom is -0.338 e. The molecule has 66 valence electrons. The van der Waals surface area contributed by atoms with Gasteiger partial charge >= 0.3 is 0 Å². The smallest absolute Gasteiger partial charge is 0.182 e. The zero-order valence-electron chi connectivity index (χ0n) is 6.97. The van der Waals surface area contributed by atoms with Gasteiger partial charge in [-0.3, -0.25) is 9.98 Å². The van der Waals surface area contributed by atoms with Gasteiger partial charge in [-0.25, -0.2) is 0 Å². The SMILES string of the molecule is c1cncc(C/N=c2/[nH]ccs2)c1. The molecule has 0 spiro atoms. The molecule has 0 aliphatic heterocycles. The predicted octanol–water partition coefficient (Wildman–Crippen LogP) is 1.57. The first-order valence-corrected chi connectivity index (χ1v) is 4.85. The normalized spacial score (nSPS) is 11.8. The second-order valence-corrected chi connectivity index (χ2v) is 3.44. The Balaban J connectivity index is 2.13. The number of aromatic amines is 1. The summed E-state index contributed by atoms with van der Waals surface area (Å²) in [6.07, 6.45) is 5.48. The van der Waals surface area contributed by atoms with E-state index in [-0.39, 0.29) is 0 Å². The van der Waals surface area contributed by atoms with Crippen molar-refractivity contribution >= 4 is 11.3 Å². The summed E-state index contributed by atoms with van der Waals surface area (Å²) in [5.74, 6) is 0. The lowest BCUT2D eigenvalue weighted by molar-refractivity contribution is 0.982. The van der Waals surface area contributed by atoms with Crippen molar-refractivity contribution in [1.29, 1.82) is 0 Å². The van der Waals surface area contributed by atoms with E-state index in [1.54, 1.807) is 17.5 Å². The van der Waals surface area contributed by atoms with Crippen LogP contribution in [0.1, 0.15) is 5.56 Å². The molecule has 0 bridgehead atoms. The molecule has 0 amide bonds. The van der Waals surface area contributed by atoms with E-state index in [1.165, 1.54) is 0 Å². The van der Waals surface area contributed by atoms with E-state index in [1.807, 2.05) is 29.9 Å². The number of hydrogen-bond donors (Lipinski definition) is 1. The zero-order chi connectivity index (χ0) is 8.93. The summed E-state index contributed by atoms with van der Waals surface area (Å²) in [7, 11) is 0. The molecule has 2 aromatic heterocycles. The third-order valence-corrected chi connectivity index (χ3v) is 2.32. The van der Waals surface area contributed by atoms with Gasteiger partial charge in [0, 0.05) is 24.0 Å². The fourth-order valence-corrected chi connectivity index (χ4v) is 1.52. The van der Waals surface area contributed by atoms with Crippen molar-refractivity contribution in [2.45, 2.75) is 6.54 Å². The molecule has 4 heteroatoms. The van der Waals surface area contributed by atoms with Gasteiger partial charge < -0.3 is 4.98 Å². The van der Waals surface area contributed by atoms with Gasteiger partial charge in [-0.1, -0.05) is 6.07 Å². The van der Waals surface area contributed by atoms with Crippen molar-refractivity contribution in [1.82, 2.24) is 9.97 Å². The van der Waals surface area contributed by atoms with Gasteiger partial charge in [0.05, 0.1) is 6.54 Å². The molecule has 0 aliphatic rings. The maximum absolute atomic E-state index is 4.36. The maximum Gasteiger partial charge on any atom is 0.182 e. The van der Waals surface area contributed by atoms with Crippen LogP contribution >= 0.6 is 11.3 Å². The Morgan fingerprint density at radius 1 is 1.54 bits per heavy atom. The van der Waals surface area contributed by atoms with Crippen molar-refractivity contribution < 1.29 is 0 Å². The Morgan fingerprint density at radius 2 is 2.54 bits per heavy atom. The fourth-order valence-electron chi connectivity index (χ4n) is 0.975. The first kappa shape index (κ1) is 8.19. The highest BCUT2D eigenvalue weighted by Gasteiger charge is 1.88. The lowest BCUT2D eigenvalue weighted by Crippen LogP contribution is -1.97. The van der Waals surface area contributed by atoms with Gasteiger partial charge in [0.15, 0.2) is 4.80 Å². The van der Waals surface area contributed by atoms with Gasteiger partial charge in [0.1, 0.15) is 0 Å². The highest BCUT2D eigenvalue weighted by Crippen LogP contribution is 1.96. The molecule has 0 fully saturated rings. The van der Waals surface area contributed by atoms with E-state index >= 15 is 0 Å². The molecule has 0 saturated heterocycles. The van der Waals surface area contributed by atoms with Gasteiger partial charge in [0.25, 0.3) is 0 Å². The van der Waals surface area contributed by atoms with Crippen LogP contribution in [-0.2, 0) is 6.54 Å². The molecular formula is C9H9N3S. The molecule has 0 unspecified atom stereocenters. The van der Waals surface area contributed by atoms with Crippen LogP contribution in [0.5, 0.6) is 0 Å². The van der Waals surface area contributed by atoms with Gasteiger partial charge in [-0.15, -0.1) is 11.3 Å². The van der Waals surface area contributed by atoms with Crippen LogP contribution in [0.2, 0.25) is 0 Å². The lowest BCUT2D eigenvalue weighted by atomic mass is 10.3. The molecule has 0 atom stereocenters. The first-order chi connectivity index (χ1) is 6.45. The summed E-state index contributed by atoms with van der Waals surface area (Å²) >= 11 is 1.60. The monoisotopic (exact) mass is 191 g/mol. The second kappa shape index (κ2) is 4.00. The Bertz CT molecular complexity index is 399. The molecular weight excluding hydrogens is 182 g/mol. The fraction of sp³-hybridized carbons (Fsp3) is 0.111. The van der Waals surface area contributed by atoms with E-state index < -0.39 is 0 Å². The van der Waals surface area contributed by atoms with Gasteiger partial charge in [0.2, 0.25) is 0 Å². The number of hydrogen-bond acceptors (Lipinski definition) is 3. The van der Waals surface area contributed by atoms with Crippen molar-refractivity contribution in [2.24, 2.45) is 4.99 Å². The minimum absolute atomic E-state index is 0.685. The molecule has 0 radical (unpaired) electrons. The topological polar surface area (TPSA) is 41.0 Å². The molecule has 2 rings (SSSR count). The minimum atomic E-state index is 0.685. The van der Waals surface area contributed by atoms with E-state index in [9.17, 15) is 0 Å². The average molecular weight is 191 g/mol. The van der Waals surface area contributed by atoms with Crippen LogP contribution in [0, 0.1) is 0 Å². The van der Waals surface area contributed by atoms with Crippen molar-refractivity contribution in [3.8, 4) is 0 Å². The summed E-state index contributed by atoms with van der Waals surface area (Å²) in [6, 6.07) is 3.94. The summed E-state index contributed by atoms with van der Waals surface area (Å²) in [6.45, 7) is 0.685. The number of rotatable bonds is 2. The van der Waals surface area contributed by atoms with Crippen molar-refractivity contribution in [2.75, 3.05) is 0 Å².